The molecule has 0 radical (unpaired) electrons. The molecule has 0 spiro atoms. The van der Waals surface area contributed by atoms with Crippen molar-refractivity contribution in [1.82, 2.24) is 14.9 Å². The number of hydrogen-bond donors (Lipinski definition) is 0. The molecule has 0 saturated carbocycles. The van der Waals surface area contributed by atoms with Crippen LogP contribution in [0.1, 0.15) is 32.5 Å². The Morgan fingerprint density at radius 2 is 2.26 bits per heavy atom. The van der Waals surface area contributed by atoms with Gasteiger partial charge in [0.2, 0.25) is 0 Å². The number of aromatic nitrogens is 2. The molecule has 3 heterocycles. The SMILES string of the molecule is CC1CCN(Cc2nc(Cl)c3ccsc3n2)C(C)C1. The van der Waals surface area contributed by atoms with Crippen LogP contribution in [-0.4, -0.2) is 27.5 Å². The van der Waals surface area contributed by atoms with Gasteiger partial charge in [0.25, 0.3) is 0 Å². The van der Waals surface area contributed by atoms with E-state index in [1.54, 1.807) is 11.3 Å². The standard InChI is InChI=1S/C14H18ClN3S/c1-9-3-5-18(10(2)7-9)8-12-16-13(15)11-4-6-19-14(11)17-12/h4,6,9-10H,3,5,7-8H2,1-2H3. The van der Waals surface area contributed by atoms with Crippen molar-refractivity contribution in [2.75, 3.05) is 6.54 Å². The number of halogens is 1. The highest BCUT2D eigenvalue weighted by Crippen LogP contribution is 2.27. The van der Waals surface area contributed by atoms with Gasteiger partial charge in [0.15, 0.2) is 0 Å². The molecule has 3 rings (SSSR count). The average molecular weight is 296 g/mol. The molecule has 1 aliphatic heterocycles. The van der Waals surface area contributed by atoms with E-state index >= 15 is 0 Å². The summed E-state index contributed by atoms with van der Waals surface area (Å²) < 4.78 is 0. The highest BCUT2D eigenvalue weighted by molar-refractivity contribution is 7.16. The molecule has 2 atom stereocenters. The Bertz CT molecular complexity index is 583. The van der Waals surface area contributed by atoms with Gasteiger partial charge in [-0.2, -0.15) is 0 Å². The van der Waals surface area contributed by atoms with Crippen molar-refractivity contribution in [3.63, 3.8) is 0 Å². The molecule has 1 fully saturated rings. The zero-order valence-corrected chi connectivity index (χ0v) is 12.8. The van der Waals surface area contributed by atoms with Gasteiger partial charge in [-0.3, -0.25) is 4.90 Å². The molecular weight excluding hydrogens is 278 g/mol. The van der Waals surface area contributed by atoms with Gasteiger partial charge in [-0.15, -0.1) is 11.3 Å². The number of thiophene rings is 1. The van der Waals surface area contributed by atoms with Crippen molar-refractivity contribution in [1.29, 1.82) is 0 Å². The molecule has 2 aromatic rings. The topological polar surface area (TPSA) is 29.0 Å². The van der Waals surface area contributed by atoms with E-state index in [1.807, 2.05) is 11.4 Å². The smallest absolute Gasteiger partial charge is 0.145 e. The minimum absolute atomic E-state index is 0.583. The summed E-state index contributed by atoms with van der Waals surface area (Å²) in [5.41, 5.74) is 0. The Morgan fingerprint density at radius 1 is 1.42 bits per heavy atom. The van der Waals surface area contributed by atoms with Gasteiger partial charge in [0.05, 0.1) is 6.54 Å². The lowest BCUT2D eigenvalue weighted by Crippen LogP contribution is -2.39. The second-order valence-electron chi connectivity index (χ2n) is 5.52. The molecule has 3 nitrogen and oxygen atoms in total. The van der Waals surface area contributed by atoms with Crippen LogP contribution in [0, 0.1) is 5.92 Å². The molecule has 2 aromatic heterocycles. The summed E-state index contributed by atoms with van der Waals surface area (Å²) in [5.74, 6) is 1.68. The number of fused-ring (bicyclic) bond motifs is 1. The fourth-order valence-corrected chi connectivity index (χ4v) is 3.89. The molecule has 1 saturated heterocycles. The molecule has 0 bridgehead atoms. The zero-order valence-electron chi connectivity index (χ0n) is 11.3. The first-order valence-corrected chi connectivity index (χ1v) is 8.03. The van der Waals surface area contributed by atoms with E-state index in [0.717, 1.165) is 35.0 Å². The number of likely N-dealkylation sites (tertiary alicyclic amines) is 1. The third-order valence-corrected chi connectivity index (χ3v) is 5.04. The van der Waals surface area contributed by atoms with E-state index in [9.17, 15) is 0 Å². The van der Waals surface area contributed by atoms with Crippen LogP contribution in [0.25, 0.3) is 10.2 Å². The van der Waals surface area contributed by atoms with Crippen LogP contribution in [0.15, 0.2) is 11.4 Å². The molecule has 0 amide bonds. The minimum atomic E-state index is 0.583. The third kappa shape index (κ3) is 2.76. The van der Waals surface area contributed by atoms with Gasteiger partial charge in [-0.05, 0) is 43.7 Å². The maximum atomic E-state index is 6.22. The summed E-state index contributed by atoms with van der Waals surface area (Å²) in [7, 11) is 0. The summed E-state index contributed by atoms with van der Waals surface area (Å²) >= 11 is 7.84. The van der Waals surface area contributed by atoms with Crippen LogP contribution in [0.4, 0.5) is 0 Å². The Morgan fingerprint density at radius 3 is 3.05 bits per heavy atom. The van der Waals surface area contributed by atoms with E-state index in [4.69, 9.17) is 11.6 Å². The summed E-state index contributed by atoms with van der Waals surface area (Å²) in [6, 6.07) is 2.59. The highest BCUT2D eigenvalue weighted by atomic mass is 35.5. The van der Waals surface area contributed by atoms with Crippen LogP contribution in [-0.2, 0) is 6.54 Å². The van der Waals surface area contributed by atoms with Crippen LogP contribution in [0.3, 0.4) is 0 Å². The van der Waals surface area contributed by atoms with Crippen molar-refractivity contribution in [3.8, 4) is 0 Å². The van der Waals surface area contributed by atoms with Gasteiger partial charge in [0, 0.05) is 11.4 Å². The largest absolute Gasteiger partial charge is 0.293 e. The van der Waals surface area contributed by atoms with Gasteiger partial charge < -0.3 is 0 Å². The van der Waals surface area contributed by atoms with E-state index in [1.165, 1.54) is 12.8 Å². The number of piperidine rings is 1. The van der Waals surface area contributed by atoms with Crippen molar-refractivity contribution in [2.45, 2.75) is 39.3 Å². The van der Waals surface area contributed by atoms with Crippen LogP contribution < -0.4 is 0 Å². The van der Waals surface area contributed by atoms with Gasteiger partial charge in [-0.25, -0.2) is 9.97 Å². The Labute approximate surface area is 122 Å². The van der Waals surface area contributed by atoms with Crippen LogP contribution in [0.5, 0.6) is 0 Å². The third-order valence-electron chi connectivity index (χ3n) is 3.95. The van der Waals surface area contributed by atoms with E-state index in [2.05, 4.69) is 28.7 Å². The molecule has 0 aromatic carbocycles. The van der Waals surface area contributed by atoms with Crippen LogP contribution in [0.2, 0.25) is 5.15 Å². The molecule has 102 valence electrons. The first-order valence-electron chi connectivity index (χ1n) is 6.77. The summed E-state index contributed by atoms with van der Waals surface area (Å²) in [6.07, 6.45) is 2.52. The monoisotopic (exact) mass is 295 g/mol. The van der Waals surface area contributed by atoms with Gasteiger partial charge in [-0.1, -0.05) is 18.5 Å². The molecule has 2 unspecified atom stereocenters. The number of hydrogen-bond acceptors (Lipinski definition) is 4. The zero-order chi connectivity index (χ0) is 13.4. The Hall–Kier alpha value is -0.710. The Kier molecular flexibility index (Phi) is 3.74. The Balaban J connectivity index is 1.81. The van der Waals surface area contributed by atoms with Gasteiger partial charge >= 0.3 is 0 Å². The average Bonchev–Trinajstić information content (AvgIpc) is 2.81. The lowest BCUT2D eigenvalue weighted by atomic mass is 9.93. The van der Waals surface area contributed by atoms with Crippen molar-refractivity contribution in [2.24, 2.45) is 5.92 Å². The molecule has 5 heteroatoms. The number of rotatable bonds is 2. The second-order valence-corrected chi connectivity index (χ2v) is 6.77. The van der Waals surface area contributed by atoms with Crippen molar-refractivity contribution < 1.29 is 0 Å². The summed E-state index contributed by atoms with van der Waals surface area (Å²) in [6.45, 7) is 6.56. The van der Waals surface area contributed by atoms with E-state index in [0.29, 0.717) is 11.2 Å². The maximum Gasteiger partial charge on any atom is 0.145 e. The fraction of sp³-hybridized carbons (Fsp3) is 0.571. The van der Waals surface area contributed by atoms with Crippen molar-refractivity contribution in [3.05, 3.63) is 22.4 Å². The number of nitrogens with zero attached hydrogens (tertiary/aromatic N) is 3. The molecule has 19 heavy (non-hydrogen) atoms. The fourth-order valence-electron chi connectivity index (χ4n) is 2.80. The molecular formula is C14H18ClN3S. The maximum absolute atomic E-state index is 6.22. The lowest BCUT2D eigenvalue weighted by molar-refractivity contribution is 0.119. The quantitative estimate of drug-likeness (QED) is 0.785. The summed E-state index contributed by atoms with van der Waals surface area (Å²) in [5, 5.41) is 3.57. The second kappa shape index (κ2) is 5.35. The van der Waals surface area contributed by atoms with Crippen molar-refractivity contribution >= 4 is 33.2 Å². The predicted octanol–water partition coefficient (Wildman–Crippen LogP) is 3.97. The minimum Gasteiger partial charge on any atom is -0.293 e. The lowest BCUT2D eigenvalue weighted by Gasteiger charge is -2.35. The summed E-state index contributed by atoms with van der Waals surface area (Å²) in [4.78, 5) is 12.5. The highest BCUT2D eigenvalue weighted by Gasteiger charge is 2.23. The first kappa shape index (κ1) is 13.3. The van der Waals surface area contributed by atoms with Crippen LogP contribution >= 0.6 is 22.9 Å². The van der Waals surface area contributed by atoms with E-state index in [-0.39, 0.29) is 0 Å². The molecule has 1 aliphatic rings. The molecule has 0 N–H and O–H groups in total. The normalized spacial score (nSPS) is 25.0. The predicted molar refractivity (Wildman–Crippen MR) is 80.7 cm³/mol. The molecule has 0 aliphatic carbocycles. The van der Waals surface area contributed by atoms with E-state index < -0.39 is 0 Å². The first-order chi connectivity index (χ1) is 9.13. The van der Waals surface area contributed by atoms with Gasteiger partial charge in [0.1, 0.15) is 15.8 Å².